The molecule has 0 aromatic carbocycles. The van der Waals surface area contributed by atoms with Crippen LogP contribution in [0.25, 0.3) is 0 Å². The van der Waals surface area contributed by atoms with E-state index in [1.54, 1.807) is 0 Å². The lowest BCUT2D eigenvalue weighted by molar-refractivity contribution is 0.128. The Morgan fingerprint density at radius 3 is 2.47 bits per heavy atom. The fraction of sp³-hybridized carbons (Fsp3) is 0.923. The number of hydrogen-bond donors (Lipinski definition) is 1. The van der Waals surface area contributed by atoms with Gasteiger partial charge in [-0.05, 0) is 53.1 Å². The molecule has 4 heteroatoms. The van der Waals surface area contributed by atoms with Crippen LogP contribution in [0.1, 0.15) is 46.5 Å². The number of amides is 1. The van der Waals surface area contributed by atoms with Crippen molar-refractivity contribution < 1.29 is 9.53 Å². The van der Waals surface area contributed by atoms with Gasteiger partial charge < -0.3 is 15.0 Å². The summed E-state index contributed by atoms with van der Waals surface area (Å²) < 4.78 is 5.13. The van der Waals surface area contributed by atoms with Crippen LogP contribution in [0.15, 0.2) is 0 Å². The number of piperidine rings is 1. The van der Waals surface area contributed by atoms with Crippen LogP contribution in [0.4, 0.5) is 4.79 Å². The van der Waals surface area contributed by atoms with E-state index in [4.69, 9.17) is 4.74 Å². The highest BCUT2D eigenvalue weighted by atomic mass is 16.5. The highest BCUT2D eigenvalue weighted by Crippen LogP contribution is 2.08. The van der Waals surface area contributed by atoms with Crippen molar-refractivity contribution >= 4 is 6.09 Å². The Kier molecular flexibility index (Phi) is 5.75. The number of likely N-dealkylation sites (tertiary alicyclic amines) is 1. The number of carbonyl (C=O) groups excluding carboxylic acids is 1. The average Bonchev–Trinajstić information content (AvgIpc) is 2.23. The molecule has 0 unspecified atom stereocenters. The van der Waals surface area contributed by atoms with Crippen LogP contribution in [-0.4, -0.2) is 42.8 Å². The molecule has 1 N–H and O–H groups in total. The summed E-state index contributed by atoms with van der Waals surface area (Å²) in [6.07, 6.45) is 4.60. The molecule has 0 atom stereocenters. The van der Waals surface area contributed by atoms with Crippen molar-refractivity contribution in [2.75, 3.05) is 26.2 Å². The zero-order valence-electron chi connectivity index (χ0n) is 11.4. The minimum atomic E-state index is -0.309. The van der Waals surface area contributed by atoms with Crippen LogP contribution in [0.5, 0.6) is 0 Å². The molecule has 0 aromatic rings. The van der Waals surface area contributed by atoms with Crippen molar-refractivity contribution in [1.29, 1.82) is 0 Å². The Labute approximate surface area is 105 Å². The SMILES string of the molecule is CC(C)(C)NC(=O)OCCCN1CCCCC1. The first-order valence-electron chi connectivity index (χ1n) is 6.65. The minimum absolute atomic E-state index is 0.218. The van der Waals surface area contributed by atoms with Crippen molar-refractivity contribution in [2.24, 2.45) is 0 Å². The van der Waals surface area contributed by atoms with E-state index in [0.29, 0.717) is 6.61 Å². The lowest BCUT2D eigenvalue weighted by Crippen LogP contribution is -2.41. The molecule has 0 bridgehead atoms. The third-order valence-corrected chi connectivity index (χ3v) is 2.78. The number of hydrogen-bond acceptors (Lipinski definition) is 3. The number of carbonyl (C=O) groups is 1. The van der Waals surface area contributed by atoms with Gasteiger partial charge in [-0.15, -0.1) is 0 Å². The molecule has 1 rings (SSSR count). The molecule has 1 aliphatic rings. The van der Waals surface area contributed by atoms with Gasteiger partial charge in [0.2, 0.25) is 0 Å². The second-order valence-corrected chi connectivity index (χ2v) is 5.77. The van der Waals surface area contributed by atoms with E-state index in [1.807, 2.05) is 20.8 Å². The summed E-state index contributed by atoms with van der Waals surface area (Å²) in [6.45, 7) is 9.80. The molecule has 17 heavy (non-hydrogen) atoms. The standard InChI is InChI=1S/C13H26N2O2/c1-13(2,3)14-12(16)17-11-7-10-15-8-5-4-6-9-15/h4-11H2,1-3H3,(H,14,16). The average molecular weight is 242 g/mol. The molecular formula is C13H26N2O2. The van der Waals surface area contributed by atoms with Crippen LogP contribution in [0.3, 0.4) is 0 Å². The van der Waals surface area contributed by atoms with Crippen molar-refractivity contribution in [3.05, 3.63) is 0 Å². The first kappa shape index (κ1) is 14.3. The van der Waals surface area contributed by atoms with Gasteiger partial charge in [-0.2, -0.15) is 0 Å². The van der Waals surface area contributed by atoms with Gasteiger partial charge in [0.05, 0.1) is 6.61 Å². The van der Waals surface area contributed by atoms with Gasteiger partial charge in [-0.1, -0.05) is 6.42 Å². The molecule has 100 valence electrons. The van der Waals surface area contributed by atoms with Gasteiger partial charge >= 0.3 is 6.09 Å². The van der Waals surface area contributed by atoms with Crippen LogP contribution >= 0.6 is 0 Å². The first-order chi connectivity index (χ1) is 7.97. The molecule has 1 saturated heterocycles. The fourth-order valence-electron chi connectivity index (χ4n) is 1.98. The smallest absolute Gasteiger partial charge is 0.407 e. The summed E-state index contributed by atoms with van der Waals surface area (Å²) in [4.78, 5) is 13.8. The lowest BCUT2D eigenvalue weighted by atomic mass is 10.1. The van der Waals surface area contributed by atoms with Crippen LogP contribution in [0, 0.1) is 0 Å². The zero-order valence-corrected chi connectivity index (χ0v) is 11.4. The number of rotatable bonds is 4. The highest BCUT2D eigenvalue weighted by molar-refractivity contribution is 5.67. The van der Waals surface area contributed by atoms with Gasteiger partial charge in [0, 0.05) is 12.1 Å². The number of ether oxygens (including phenoxy) is 1. The normalized spacial score (nSPS) is 17.8. The monoisotopic (exact) mass is 242 g/mol. The zero-order chi connectivity index (χ0) is 12.7. The quantitative estimate of drug-likeness (QED) is 0.770. The molecule has 0 saturated carbocycles. The number of nitrogens with one attached hydrogen (secondary N) is 1. The molecule has 0 aromatic heterocycles. The Hall–Kier alpha value is -0.770. The third-order valence-electron chi connectivity index (χ3n) is 2.78. The van der Waals surface area contributed by atoms with Gasteiger partial charge in [0.25, 0.3) is 0 Å². The van der Waals surface area contributed by atoms with Crippen LogP contribution in [-0.2, 0) is 4.74 Å². The predicted molar refractivity (Wildman–Crippen MR) is 69.1 cm³/mol. The maximum absolute atomic E-state index is 11.4. The van der Waals surface area contributed by atoms with Gasteiger partial charge in [0.1, 0.15) is 0 Å². The Bertz CT molecular complexity index is 230. The molecular weight excluding hydrogens is 216 g/mol. The lowest BCUT2D eigenvalue weighted by Gasteiger charge is -2.26. The minimum Gasteiger partial charge on any atom is -0.450 e. The number of nitrogens with zero attached hydrogens (tertiary/aromatic N) is 1. The number of alkyl carbamates (subject to hydrolysis) is 1. The molecule has 0 radical (unpaired) electrons. The Balaban J connectivity index is 2.01. The molecule has 1 aliphatic heterocycles. The van der Waals surface area contributed by atoms with E-state index in [-0.39, 0.29) is 11.6 Å². The molecule has 1 heterocycles. The molecule has 0 spiro atoms. The molecule has 1 fully saturated rings. The van der Waals surface area contributed by atoms with Crippen LogP contribution < -0.4 is 5.32 Å². The van der Waals surface area contributed by atoms with Crippen molar-refractivity contribution in [3.8, 4) is 0 Å². The van der Waals surface area contributed by atoms with Crippen LogP contribution in [0.2, 0.25) is 0 Å². The molecule has 4 nitrogen and oxygen atoms in total. The second-order valence-electron chi connectivity index (χ2n) is 5.77. The molecule has 0 aliphatic carbocycles. The molecule has 1 amide bonds. The highest BCUT2D eigenvalue weighted by Gasteiger charge is 2.14. The maximum Gasteiger partial charge on any atom is 0.407 e. The van der Waals surface area contributed by atoms with E-state index in [2.05, 4.69) is 10.2 Å². The second kappa shape index (κ2) is 6.84. The largest absolute Gasteiger partial charge is 0.450 e. The predicted octanol–water partition coefficient (Wildman–Crippen LogP) is 2.39. The Morgan fingerprint density at radius 1 is 1.24 bits per heavy atom. The van der Waals surface area contributed by atoms with E-state index < -0.39 is 0 Å². The summed E-state index contributed by atoms with van der Waals surface area (Å²) in [5.41, 5.74) is -0.218. The van der Waals surface area contributed by atoms with E-state index >= 15 is 0 Å². The van der Waals surface area contributed by atoms with Gasteiger partial charge in [-0.25, -0.2) is 4.79 Å². The topological polar surface area (TPSA) is 41.6 Å². The van der Waals surface area contributed by atoms with E-state index in [9.17, 15) is 4.79 Å². The Morgan fingerprint density at radius 2 is 1.88 bits per heavy atom. The summed E-state index contributed by atoms with van der Waals surface area (Å²) >= 11 is 0. The summed E-state index contributed by atoms with van der Waals surface area (Å²) in [5, 5.41) is 2.78. The summed E-state index contributed by atoms with van der Waals surface area (Å²) in [6, 6.07) is 0. The first-order valence-corrected chi connectivity index (χ1v) is 6.65. The summed E-state index contributed by atoms with van der Waals surface area (Å²) in [5.74, 6) is 0. The van der Waals surface area contributed by atoms with Gasteiger partial charge in [0.15, 0.2) is 0 Å². The summed E-state index contributed by atoms with van der Waals surface area (Å²) in [7, 11) is 0. The van der Waals surface area contributed by atoms with E-state index in [1.165, 1.54) is 32.4 Å². The van der Waals surface area contributed by atoms with Gasteiger partial charge in [-0.3, -0.25) is 0 Å². The maximum atomic E-state index is 11.4. The fourth-order valence-corrected chi connectivity index (χ4v) is 1.98. The van der Waals surface area contributed by atoms with Crippen molar-refractivity contribution in [3.63, 3.8) is 0 Å². The van der Waals surface area contributed by atoms with Crippen molar-refractivity contribution in [2.45, 2.75) is 52.0 Å². The third kappa shape index (κ3) is 7.21. The van der Waals surface area contributed by atoms with E-state index in [0.717, 1.165) is 13.0 Å². The van der Waals surface area contributed by atoms with Crippen molar-refractivity contribution in [1.82, 2.24) is 10.2 Å².